The Morgan fingerprint density at radius 2 is 2.11 bits per heavy atom. The lowest BCUT2D eigenvalue weighted by atomic mass is 9.84. The van der Waals surface area contributed by atoms with Crippen molar-refractivity contribution in [2.75, 3.05) is 13.7 Å². The van der Waals surface area contributed by atoms with Gasteiger partial charge in [-0.1, -0.05) is 32.9 Å². The van der Waals surface area contributed by atoms with E-state index in [-0.39, 0.29) is 31.3 Å². The molecule has 5 atom stereocenters. The number of nitrogens with one attached hydrogen (secondary N) is 1. The monoisotopic (exact) mass is 503 g/mol. The molecule has 0 saturated carbocycles. The minimum atomic E-state index is -0.831. The molecule has 3 heterocycles. The number of nitro benzene ring substituents is 1. The lowest BCUT2D eigenvalue weighted by Gasteiger charge is -2.31. The molecule has 2 aliphatic rings. The van der Waals surface area contributed by atoms with Gasteiger partial charge in [-0.25, -0.2) is 0 Å². The quantitative estimate of drug-likeness (QED) is 0.313. The Kier molecular flexibility index (Phi) is 7.34. The van der Waals surface area contributed by atoms with E-state index in [4.69, 9.17) is 19.9 Å². The third-order valence-electron chi connectivity index (χ3n) is 6.43. The Morgan fingerprint density at radius 1 is 1.39 bits per heavy atom. The summed E-state index contributed by atoms with van der Waals surface area (Å²) in [5.41, 5.74) is 7.43. The zero-order valence-corrected chi connectivity index (χ0v) is 20.7. The molecule has 196 valence electrons. The van der Waals surface area contributed by atoms with E-state index in [1.165, 1.54) is 13.2 Å². The second-order valence-corrected chi connectivity index (χ2v) is 10.0. The van der Waals surface area contributed by atoms with Crippen molar-refractivity contribution in [3.05, 3.63) is 57.3 Å². The summed E-state index contributed by atoms with van der Waals surface area (Å²) in [6.07, 6.45) is -1.27. The van der Waals surface area contributed by atoms with Crippen LogP contribution in [0, 0.1) is 15.5 Å². The molecule has 4 rings (SSSR count). The average molecular weight is 504 g/mol. The van der Waals surface area contributed by atoms with Gasteiger partial charge in [0.15, 0.2) is 12.2 Å². The second-order valence-electron chi connectivity index (χ2n) is 10.0. The van der Waals surface area contributed by atoms with Gasteiger partial charge in [0, 0.05) is 31.4 Å². The first-order valence-electron chi connectivity index (χ1n) is 11.7. The van der Waals surface area contributed by atoms with Crippen molar-refractivity contribution < 1.29 is 29.3 Å². The van der Waals surface area contributed by atoms with Crippen LogP contribution >= 0.6 is 0 Å². The SMILES string of the molecule is COC1NC(N)=Nc2c1c(CO[C@H](c1ccccc1[N+](=O)[O-])C(C)(C)C)cn2[C@H]1C[C@@H](O)[C@@H](CO)O1. The summed E-state index contributed by atoms with van der Waals surface area (Å²) in [4.78, 5) is 15.8. The Morgan fingerprint density at radius 3 is 2.72 bits per heavy atom. The first kappa shape index (κ1) is 26.0. The predicted octanol–water partition coefficient (Wildman–Crippen LogP) is 2.54. The Hall–Kier alpha value is -3.03. The molecule has 12 heteroatoms. The summed E-state index contributed by atoms with van der Waals surface area (Å²) < 4.78 is 19.6. The Bertz CT molecular complexity index is 1140. The van der Waals surface area contributed by atoms with Crippen LogP contribution in [0.25, 0.3) is 0 Å². The van der Waals surface area contributed by atoms with Crippen molar-refractivity contribution in [3.63, 3.8) is 0 Å². The molecule has 1 unspecified atom stereocenters. The van der Waals surface area contributed by atoms with Gasteiger partial charge in [0.1, 0.15) is 18.1 Å². The molecule has 1 aromatic carbocycles. The first-order valence-corrected chi connectivity index (χ1v) is 11.7. The van der Waals surface area contributed by atoms with Crippen LogP contribution < -0.4 is 11.1 Å². The van der Waals surface area contributed by atoms with E-state index in [2.05, 4.69) is 10.3 Å². The molecule has 2 aliphatic heterocycles. The highest BCUT2D eigenvalue weighted by Crippen LogP contribution is 2.44. The van der Waals surface area contributed by atoms with Crippen molar-refractivity contribution in [1.29, 1.82) is 0 Å². The number of aliphatic hydroxyl groups is 2. The van der Waals surface area contributed by atoms with Crippen LogP contribution in [0.3, 0.4) is 0 Å². The van der Waals surface area contributed by atoms with Crippen molar-refractivity contribution in [2.45, 2.75) is 64.6 Å². The summed E-state index contributed by atoms with van der Waals surface area (Å²) in [6.45, 7) is 5.67. The Balaban J connectivity index is 1.72. The van der Waals surface area contributed by atoms with Gasteiger partial charge in [0.25, 0.3) is 5.69 Å². The number of nitrogens with zero attached hydrogens (tertiary/aromatic N) is 3. The second kappa shape index (κ2) is 10.1. The highest BCUT2D eigenvalue weighted by atomic mass is 16.6. The third-order valence-corrected chi connectivity index (χ3v) is 6.43. The summed E-state index contributed by atoms with van der Waals surface area (Å²) in [7, 11) is 1.53. The van der Waals surface area contributed by atoms with Crippen LogP contribution in [-0.2, 0) is 20.8 Å². The molecule has 2 aromatic rings. The molecule has 12 nitrogen and oxygen atoms in total. The van der Waals surface area contributed by atoms with Gasteiger partial charge in [-0.3, -0.25) is 10.1 Å². The fourth-order valence-electron chi connectivity index (χ4n) is 4.75. The van der Waals surface area contributed by atoms with Gasteiger partial charge >= 0.3 is 0 Å². The number of hydrogen-bond acceptors (Lipinski definition) is 10. The fourth-order valence-corrected chi connectivity index (χ4v) is 4.75. The molecule has 36 heavy (non-hydrogen) atoms. The molecular weight excluding hydrogens is 470 g/mol. The molecule has 0 spiro atoms. The van der Waals surface area contributed by atoms with Gasteiger partial charge < -0.3 is 40.0 Å². The number of fused-ring (bicyclic) bond motifs is 1. The zero-order valence-electron chi connectivity index (χ0n) is 20.7. The summed E-state index contributed by atoms with van der Waals surface area (Å²) in [6, 6.07) is 6.57. The number of ether oxygens (including phenoxy) is 3. The van der Waals surface area contributed by atoms with Gasteiger partial charge in [-0.15, -0.1) is 0 Å². The van der Waals surface area contributed by atoms with E-state index in [9.17, 15) is 20.3 Å². The highest BCUT2D eigenvalue weighted by Gasteiger charge is 2.39. The number of aliphatic imine (C=N–C) groups is 1. The van der Waals surface area contributed by atoms with E-state index in [0.717, 1.165) is 5.56 Å². The first-order chi connectivity index (χ1) is 17.0. The maximum Gasteiger partial charge on any atom is 0.275 e. The number of rotatable bonds is 8. The molecule has 0 aliphatic carbocycles. The van der Waals surface area contributed by atoms with Crippen molar-refractivity contribution in [1.82, 2.24) is 9.88 Å². The molecule has 0 radical (unpaired) electrons. The van der Waals surface area contributed by atoms with E-state index in [0.29, 0.717) is 16.9 Å². The topological polar surface area (TPSA) is 167 Å². The highest BCUT2D eigenvalue weighted by molar-refractivity contribution is 5.83. The molecule has 1 fully saturated rings. The van der Waals surface area contributed by atoms with Crippen molar-refractivity contribution in [3.8, 4) is 0 Å². The van der Waals surface area contributed by atoms with E-state index < -0.39 is 41.1 Å². The number of nitrogens with two attached hydrogens (primary N) is 1. The summed E-state index contributed by atoms with van der Waals surface area (Å²) >= 11 is 0. The van der Waals surface area contributed by atoms with Gasteiger partial charge in [-0.2, -0.15) is 4.99 Å². The summed E-state index contributed by atoms with van der Waals surface area (Å²) in [5.74, 6) is 0.649. The molecule has 1 aromatic heterocycles. The minimum Gasteiger partial charge on any atom is -0.394 e. The standard InChI is InChI=1S/C24H33N5O7/c1-24(2,3)20(14-7-5-6-8-15(14)29(32)33)35-12-13-10-28(18-9-16(31)17(11-30)36-18)21-19(13)22(34-4)27-23(25)26-21/h5-8,10,16-18,20,22,30-31H,9,11-12H2,1-4H3,(H3,25,26,27)/t16-,17-,18-,20-,22?/m1/s1. The molecular formula is C24H33N5O7. The number of guanidine groups is 1. The number of benzene rings is 1. The Labute approximate surface area is 208 Å². The molecule has 0 bridgehead atoms. The van der Waals surface area contributed by atoms with Crippen LogP contribution in [-0.4, -0.2) is 51.6 Å². The maximum atomic E-state index is 11.7. The average Bonchev–Trinajstić information content (AvgIpc) is 3.37. The lowest BCUT2D eigenvalue weighted by molar-refractivity contribution is -0.386. The number of aromatic nitrogens is 1. The van der Waals surface area contributed by atoms with Gasteiger partial charge in [-0.05, 0) is 11.5 Å². The number of methoxy groups -OCH3 is 1. The van der Waals surface area contributed by atoms with Crippen molar-refractivity contribution >= 4 is 17.5 Å². The number of para-hydroxylation sites is 1. The smallest absolute Gasteiger partial charge is 0.275 e. The lowest BCUT2D eigenvalue weighted by Crippen LogP contribution is -2.38. The van der Waals surface area contributed by atoms with Crippen LogP contribution in [0.15, 0.2) is 35.5 Å². The molecule has 0 amide bonds. The molecule has 1 saturated heterocycles. The van der Waals surface area contributed by atoms with Gasteiger partial charge in [0.05, 0.1) is 41.5 Å². The number of hydrogen-bond donors (Lipinski definition) is 4. The summed E-state index contributed by atoms with van der Waals surface area (Å²) in [5, 5.41) is 34.5. The predicted molar refractivity (Wildman–Crippen MR) is 130 cm³/mol. The van der Waals surface area contributed by atoms with E-state index >= 15 is 0 Å². The van der Waals surface area contributed by atoms with Crippen LogP contribution in [0.2, 0.25) is 0 Å². The largest absolute Gasteiger partial charge is 0.394 e. The number of aliphatic hydroxyl groups excluding tert-OH is 2. The third kappa shape index (κ3) is 4.95. The normalized spacial score (nSPS) is 24.7. The van der Waals surface area contributed by atoms with E-state index in [1.54, 1.807) is 29.0 Å². The van der Waals surface area contributed by atoms with Crippen LogP contribution in [0.5, 0.6) is 0 Å². The zero-order chi connectivity index (χ0) is 26.2. The van der Waals surface area contributed by atoms with E-state index in [1.807, 2.05) is 20.8 Å². The number of nitro groups is 1. The van der Waals surface area contributed by atoms with Crippen LogP contribution in [0.4, 0.5) is 11.5 Å². The van der Waals surface area contributed by atoms with Crippen molar-refractivity contribution in [2.24, 2.45) is 16.1 Å². The fraction of sp³-hybridized carbons (Fsp3) is 0.542. The molecule has 5 N–H and O–H groups in total. The maximum absolute atomic E-state index is 11.7. The van der Waals surface area contributed by atoms with Gasteiger partial charge in [0.2, 0.25) is 0 Å². The van der Waals surface area contributed by atoms with Crippen LogP contribution in [0.1, 0.15) is 62.4 Å². The minimum absolute atomic E-state index is 0.00535.